The highest BCUT2D eigenvalue weighted by atomic mass is 35.5. The number of nitrogens with zero attached hydrogens (tertiary/aromatic N) is 5. The van der Waals surface area contributed by atoms with Crippen molar-refractivity contribution in [2.75, 3.05) is 0 Å². The molecule has 7 heteroatoms. The molecule has 2 rings (SSSR count). The zero-order valence-electron chi connectivity index (χ0n) is 8.38. The van der Waals surface area contributed by atoms with E-state index in [0.29, 0.717) is 6.54 Å². The molecular formula is C8H10ClN5O. The summed E-state index contributed by atoms with van der Waals surface area (Å²) in [5, 5.41) is 15.1. The van der Waals surface area contributed by atoms with E-state index in [1.807, 2.05) is 13.8 Å². The average Bonchev–Trinajstić information content (AvgIpc) is 2.77. The molecule has 1 unspecified atom stereocenters. The van der Waals surface area contributed by atoms with Crippen molar-refractivity contribution in [3.8, 4) is 0 Å². The molecule has 0 saturated carbocycles. The largest absolute Gasteiger partial charge is 0.246 e. The second kappa shape index (κ2) is 3.98. The predicted molar refractivity (Wildman–Crippen MR) is 52.4 cm³/mol. The molecule has 0 aliphatic carbocycles. The van der Waals surface area contributed by atoms with Crippen molar-refractivity contribution in [3.63, 3.8) is 0 Å². The molecule has 6 nitrogen and oxygen atoms in total. The summed E-state index contributed by atoms with van der Waals surface area (Å²) in [5.41, 5.74) is 2.24. The van der Waals surface area contributed by atoms with Crippen LogP contribution in [-0.2, 0) is 6.54 Å². The zero-order valence-corrected chi connectivity index (χ0v) is 9.14. The minimum Gasteiger partial charge on any atom is -0.246 e. The normalized spacial score (nSPS) is 13.0. The molecule has 2 aromatic rings. The van der Waals surface area contributed by atoms with Crippen molar-refractivity contribution >= 4 is 11.6 Å². The summed E-state index contributed by atoms with van der Waals surface area (Å²) in [7, 11) is 0. The van der Waals surface area contributed by atoms with Gasteiger partial charge in [0.1, 0.15) is 17.1 Å². The fourth-order valence-electron chi connectivity index (χ4n) is 1.12. The smallest absolute Gasteiger partial charge is 0.129 e. The molecule has 0 amide bonds. The maximum absolute atomic E-state index is 5.87. The lowest BCUT2D eigenvalue weighted by Gasteiger charge is -1.95. The van der Waals surface area contributed by atoms with Crippen LogP contribution in [0.2, 0.25) is 0 Å². The van der Waals surface area contributed by atoms with Crippen molar-refractivity contribution in [1.82, 2.24) is 25.3 Å². The van der Waals surface area contributed by atoms with Gasteiger partial charge in [0.25, 0.3) is 0 Å². The van der Waals surface area contributed by atoms with Crippen molar-refractivity contribution < 1.29 is 4.63 Å². The van der Waals surface area contributed by atoms with E-state index in [1.54, 1.807) is 10.9 Å². The van der Waals surface area contributed by atoms with E-state index in [0.717, 1.165) is 17.1 Å². The van der Waals surface area contributed by atoms with E-state index in [2.05, 4.69) is 25.3 Å². The maximum atomic E-state index is 5.87. The molecule has 1 atom stereocenters. The molecule has 0 bridgehead atoms. The Labute approximate surface area is 91.2 Å². The Hall–Kier alpha value is -1.43. The number of alkyl halides is 1. The van der Waals surface area contributed by atoms with Gasteiger partial charge in [-0.05, 0) is 13.8 Å². The first-order valence-corrected chi connectivity index (χ1v) is 4.92. The number of hydrogen-bond donors (Lipinski definition) is 0. The molecule has 0 aliphatic rings. The van der Waals surface area contributed by atoms with Crippen LogP contribution in [0.4, 0.5) is 0 Å². The fourth-order valence-corrected chi connectivity index (χ4v) is 1.22. The first-order valence-electron chi connectivity index (χ1n) is 4.49. The average molecular weight is 228 g/mol. The third-order valence-corrected chi connectivity index (χ3v) is 2.25. The van der Waals surface area contributed by atoms with Crippen LogP contribution >= 0.6 is 11.6 Å². The van der Waals surface area contributed by atoms with Gasteiger partial charge in [-0.2, -0.15) is 0 Å². The van der Waals surface area contributed by atoms with E-state index in [4.69, 9.17) is 11.6 Å². The Morgan fingerprint density at radius 1 is 1.53 bits per heavy atom. The number of aryl methyl sites for hydroxylation is 1. The molecule has 0 N–H and O–H groups in total. The van der Waals surface area contributed by atoms with Gasteiger partial charge in [0.2, 0.25) is 0 Å². The first kappa shape index (κ1) is 10.1. The van der Waals surface area contributed by atoms with Crippen LogP contribution < -0.4 is 0 Å². The summed E-state index contributed by atoms with van der Waals surface area (Å²) in [4.78, 5) is 0. The Morgan fingerprint density at radius 2 is 2.33 bits per heavy atom. The molecule has 0 aliphatic heterocycles. The highest BCUT2D eigenvalue weighted by molar-refractivity contribution is 6.20. The van der Waals surface area contributed by atoms with Gasteiger partial charge in [-0.25, -0.2) is 9.31 Å². The van der Waals surface area contributed by atoms with Crippen LogP contribution in [0.25, 0.3) is 0 Å². The number of rotatable bonds is 3. The van der Waals surface area contributed by atoms with E-state index in [-0.39, 0.29) is 5.38 Å². The van der Waals surface area contributed by atoms with E-state index >= 15 is 0 Å². The van der Waals surface area contributed by atoms with Gasteiger partial charge in [-0.15, -0.1) is 16.7 Å². The van der Waals surface area contributed by atoms with Crippen molar-refractivity contribution in [2.24, 2.45) is 0 Å². The van der Waals surface area contributed by atoms with Gasteiger partial charge in [0.05, 0.1) is 18.1 Å². The van der Waals surface area contributed by atoms with Crippen molar-refractivity contribution in [1.29, 1.82) is 0 Å². The molecule has 0 spiro atoms. The lowest BCUT2D eigenvalue weighted by atomic mass is 10.3. The summed E-state index contributed by atoms with van der Waals surface area (Å²) in [6, 6.07) is 0. The molecular weight excluding hydrogens is 218 g/mol. The molecule has 15 heavy (non-hydrogen) atoms. The Kier molecular flexibility index (Phi) is 2.68. The van der Waals surface area contributed by atoms with E-state index in [1.165, 1.54) is 0 Å². The topological polar surface area (TPSA) is 69.6 Å². The Bertz CT molecular complexity index is 449. The van der Waals surface area contributed by atoms with Gasteiger partial charge in [0, 0.05) is 0 Å². The van der Waals surface area contributed by atoms with Crippen LogP contribution in [0.5, 0.6) is 0 Å². The summed E-state index contributed by atoms with van der Waals surface area (Å²) in [6.45, 7) is 4.17. The van der Waals surface area contributed by atoms with Gasteiger partial charge in [-0.1, -0.05) is 15.5 Å². The zero-order chi connectivity index (χ0) is 10.8. The predicted octanol–water partition coefficient (Wildman–Crippen LogP) is 1.32. The van der Waals surface area contributed by atoms with Gasteiger partial charge < -0.3 is 0 Å². The Morgan fingerprint density at radius 3 is 2.87 bits per heavy atom. The van der Waals surface area contributed by atoms with Gasteiger partial charge in [0.15, 0.2) is 0 Å². The van der Waals surface area contributed by atoms with Gasteiger partial charge >= 0.3 is 0 Å². The quantitative estimate of drug-likeness (QED) is 0.740. The number of halogens is 1. The van der Waals surface area contributed by atoms with Crippen LogP contribution in [0.1, 0.15) is 29.4 Å². The highest BCUT2D eigenvalue weighted by Gasteiger charge is 2.10. The summed E-state index contributed by atoms with van der Waals surface area (Å²) < 4.78 is 6.24. The molecule has 0 saturated heterocycles. The highest BCUT2D eigenvalue weighted by Crippen LogP contribution is 2.15. The summed E-state index contributed by atoms with van der Waals surface area (Å²) in [5.74, 6) is 0. The third kappa shape index (κ3) is 2.15. The number of aromatic nitrogens is 5. The number of hydrogen-bond acceptors (Lipinski definition) is 5. The second-order valence-corrected chi connectivity index (χ2v) is 3.91. The van der Waals surface area contributed by atoms with Crippen molar-refractivity contribution in [3.05, 3.63) is 23.3 Å². The SMILES string of the molecule is Cc1nonc1Cn1cc(C(C)Cl)nn1. The molecule has 80 valence electrons. The van der Waals surface area contributed by atoms with Crippen molar-refractivity contribution in [2.45, 2.75) is 25.8 Å². The second-order valence-electron chi connectivity index (χ2n) is 3.25. The monoisotopic (exact) mass is 227 g/mol. The van der Waals surface area contributed by atoms with Crippen LogP contribution in [0.15, 0.2) is 10.8 Å². The lowest BCUT2D eigenvalue weighted by Crippen LogP contribution is -2.02. The molecule has 0 radical (unpaired) electrons. The van der Waals surface area contributed by atoms with Crippen LogP contribution in [-0.4, -0.2) is 25.3 Å². The maximum Gasteiger partial charge on any atom is 0.129 e. The van der Waals surface area contributed by atoms with E-state index in [9.17, 15) is 0 Å². The minimum atomic E-state index is -0.143. The lowest BCUT2D eigenvalue weighted by molar-refractivity contribution is 0.300. The Balaban J connectivity index is 2.15. The standard InChI is InChI=1S/C8H10ClN5O/c1-5(9)7-3-14(13-10-7)4-8-6(2)11-15-12-8/h3,5H,4H2,1-2H3. The molecule has 2 heterocycles. The van der Waals surface area contributed by atoms with Gasteiger partial charge in [-0.3, -0.25) is 0 Å². The summed E-state index contributed by atoms with van der Waals surface area (Å²) in [6.07, 6.45) is 1.78. The molecule has 2 aromatic heterocycles. The fraction of sp³-hybridized carbons (Fsp3) is 0.500. The molecule has 0 aromatic carbocycles. The molecule has 0 fully saturated rings. The van der Waals surface area contributed by atoms with Crippen LogP contribution in [0.3, 0.4) is 0 Å². The summed E-state index contributed by atoms with van der Waals surface area (Å²) >= 11 is 5.87. The van der Waals surface area contributed by atoms with Crippen LogP contribution in [0, 0.1) is 6.92 Å². The van der Waals surface area contributed by atoms with E-state index < -0.39 is 0 Å². The minimum absolute atomic E-state index is 0.143. The third-order valence-electron chi connectivity index (χ3n) is 2.02. The first-order chi connectivity index (χ1) is 7.16.